The summed E-state index contributed by atoms with van der Waals surface area (Å²) in [5.74, 6) is 8.00. The lowest BCUT2D eigenvalue weighted by Gasteiger charge is -2.36. The summed E-state index contributed by atoms with van der Waals surface area (Å²) < 4.78 is 5.85. The van der Waals surface area contributed by atoms with E-state index in [2.05, 4.69) is 60.7 Å². The molecule has 5 rings (SSSR count). The molecule has 0 unspecified atom stereocenters. The molecular weight excluding hydrogens is 284 g/mol. The first kappa shape index (κ1) is 15.1. The highest BCUT2D eigenvalue weighted by atomic mass is 16.5. The highest BCUT2D eigenvalue weighted by Crippen LogP contribution is 2.49. The van der Waals surface area contributed by atoms with E-state index < -0.39 is 0 Å². The van der Waals surface area contributed by atoms with E-state index in [9.17, 15) is 0 Å². The topological polar surface area (TPSA) is 15.7 Å². The van der Waals surface area contributed by atoms with Gasteiger partial charge in [0.25, 0.3) is 0 Å². The van der Waals surface area contributed by atoms with E-state index in [1.165, 1.54) is 30.6 Å². The Labute approximate surface area is 139 Å². The van der Waals surface area contributed by atoms with Gasteiger partial charge in [0.1, 0.15) is 0 Å². The van der Waals surface area contributed by atoms with Crippen LogP contribution < -0.4 is 4.90 Å². The summed E-state index contributed by atoms with van der Waals surface area (Å²) in [6.07, 6.45) is 2.50. The zero-order chi connectivity index (χ0) is 16.0. The first-order chi connectivity index (χ1) is 11.1. The molecule has 2 bridgehead atoms. The molecule has 1 aromatic rings. The Balaban J connectivity index is 1.70. The van der Waals surface area contributed by atoms with Gasteiger partial charge in [-0.3, -0.25) is 4.90 Å². The fourth-order valence-electron chi connectivity index (χ4n) is 4.39. The summed E-state index contributed by atoms with van der Waals surface area (Å²) in [6.45, 7) is 8.12. The van der Waals surface area contributed by atoms with E-state index in [4.69, 9.17) is 4.74 Å². The lowest BCUT2D eigenvalue weighted by atomic mass is 9.73. The van der Waals surface area contributed by atoms with Crippen LogP contribution >= 0.6 is 0 Å². The monoisotopic (exact) mass is 310 g/mol. The van der Waals surface area contributed by atoms with Crippen molar-refractivity contribution in [2.24, 2.45) is 5.92 Å². The minimum atomic E-state index is 0.150. The van der Waals surface area contributed by atoms with Gasteiger partial charge in [-0.2, -0.15) is 0 Å². The van der Waals surface area contributed by atoms with Gasteiger partial charge in [-0.05, 0) is 51.8 Å². The normalized spacial score (nSPS) is 29.6. The van der Waals surface area contributed by atoms with Crippen LogP contribution in [-0.2, 0) is 11.3 Å². The number of fused-ring (bicyclic) bond motifs is 2. The van der Waals surface area contributed by atoms with E-state index in [-0.39, 0.29) is 5.54 Å². The van der Waals surface area contributed by atoms with Gasteiger partial charge in [0.15, 0.2) is 0 Å². The summed E-state index contributed by atoms with van der Waals surface area (Å²) >= 11 is 0. The average molecular weight is 310 g/mol. The van der Waals surface area contributed by atoms with Crippen molar-refractivity contribution < 1.29 is 4.74 Å². The summed E-state index contributed by atoms with van der Waals surface area (Å²) in [5, 5.41) is 0. The maximum Gasteiger partial charge on any atom is 0.0833 e. The van der Waals surface area contributed by atoms with Crippen LogP contribution in [0.2, 0.25) is 0 Å². The molecule has 3 aliphatic heterocycles. The molecule has 3 fully saturated rings. The summed E-state index contributed by atoms with van der Waals surface area (Å²) in [6, 6.07) is 6.99. The van der Waals surface area contributed by atoms with Crippen molar-refractivity contribution in [2.75, 3.05) is 31.6 Å². The SMILES string of the molecule is CC(C)N1CCOCc2c(C#CC34CC(CN3C)C4)cccc21. The van der Waals surface area contributed by atoms with Crippen molar-refractivity contribution in [3.05, 3.63) is 29.3 Å². The standard InChI is InChI=1S/C20H26N2O/c1-15(2)22-9-10-23-14-18-17(5-4-6-19(18)22)7-8-20-11-16(12-20)13-21(20)3/h4-6,15-16H,9-14H2,1-3H3. The molecule has 1 saturated carbocycles. The zero-order valence-corrected chi connectivity index (χ0v) is 14.4. The molecule has 0 amide bonds. The fourth-order valence-corrected chi connectivity index (χ4v) is 4.39. The molecule has 4 aliphatic rings. The van der Waals surface area contributed by atoms with Gasteiger partial charge in [0.2, 0.25) is 0 Å². The van der Waals surface area contributed by atoms with E-state index in [1.807, 2.05) is 0 Å². The second kappa shape index (κ2) is 5.54. The maximum atomic E-state index is 5.85. The Morgan fingerprint density at radius 3 is 2.83 bits per heavy atom. The molecule has 2 saturated heterocycles. The third-order valence-electron chi connectivity index (χ3n) is 5.75. The predicted octanol–water partition coefficient (Wildman–Crippen LogP) is 2.88. The van der Waals surface area contributed by atoms with Gasteiger partial charge in [0, 0.05) is 35.9 Å². The van der Waals surface area contributed by atoms with Gasteiger partial charge in [-0.25, -0.2) is 0 Å². The number of anilines is 1. The number of hydrogen-bond donors (Lipinski definition) is 0. The van der Waals surface area contributed by atoms with E-state index in [1.54, 1.807) is 0 Å². The molecule has 1 aromatic carbocycles. The van der Waals surface area contributed by atoms with Gasteiger partial charge >= 0.3 is 0 Å². The lowest BCUT2D eigenvalue weighted by Crippen LogP contribution is -2.42. The van der Waals surface area contributed by atoms with Crippen LogP contribution in [0.3, 0.4) is 0 Å². The largest absolute Gasteiger partial charge is 0.375 e. The highest BCUT2D eigenvalue weighted by Gasteiger charge is 2.53. The minimum absolute atomic E-state index is 0.150. The highest BCUT2D eigenvalue weighted by molar-refractivity contribution is 5.62. The average Bonchev–Trinajstić information content (AvgIpc) is 2.86. The quantitative estimate of drug-likeness (QED) is 0.742. The molecule has 0 aromatic heterocycles. The van der Waals surface area contributed by atoms with Crippen LogP contribution in [0.1, 0.15) is 37.8 Å². The molecule has 0 radical (unpaired) electrons. The Morgan fingerprint density at radius 1 is 1.30 bits per heavy atom. The van der Waals surface area contributed by atoms with Crippen molar-refractivity contribution in [1.82, 2.24) is 4.90 Å². The van der Waals surface area contributed by atoms with Crippen LogP contribution in [0.5, 0.6) is 0 Å². The number of nitrogens with zero attached hydrogens (tertiary/aromatic N) is 2. The molecule has 0 spiro atoms. The van der Waals surface area contributed by atoms with Crippen LogP contribution in [0.4, 0.5) is 5.69 Å². The minimum Gasteiger partial charge on any atom is -0.375 e. The summed E-state index contributed by atoms with van der Waals surface area (Å²) in [4.78, 5) is 4.88. The van der Waals surface area contributed by atoms with Gasteiger partial charge in [0.05, 0.1) is 18.8 Å². The molecule has 1 aliphatic carbocycles. The maximum absolute atomic E-state index is 5.85. The number of hydrogen-bond acceptors (Lipinski definition) is 3. The molecule has 3 nitrogen and oxygen atoms in total. The van der Waals surface area contributed by atoms with Crippen molar-refractivity contribution in [3.8, 4) is 11.8 Å². The second-order valence-corrected chi connectivity index (χ2v) is 7.58. The summed E-state index contributed by atoms with van der Waals surface area (Å²) in [7, 11) is 2.22. The van der Waals surface area contributed by atoms with Gasteiger partial charge in [-0.15, -0.1) is 0 Å². The first-order valence-corrected chi connectivity index (χ1v) is 8.80. The second-order valence-electron chi connectivity index (χ2n) is 7.58. The molecule has 3 heterocycles. The molecule has 0 atom stereocenters. The zero-order valence-electron chi connectivity index (χ0n) is 14.4. The predicted molar refractivity (Wildman–Crippen MR) is 93.5 cm³/mol. The number of benzene rings is 1. The van der Waals surface area contributed by atoms with Crippen LogP contribution in [0.15, 0.2) is 18.2 Å². The third kappa shape index (κ3) is 2.45. The smallest absolute Gasteiger partial charge is 0.0833 e. The van der Waals surface area contributed by atoms with Crippen LogP contribution in [0.25, 0.3) is 0 Å². The molecule has 3 heteroatoms. The first-order valence-electron chi connectivity index (χ1n) is 8.80. The lowest BCUT2D eigenvalue weighted by molar-refractivity contribution is 0.131. The molecule has 23 heavy (non-hydrogen) atoms. The van der Waals surface area contributed by atoms with E-state index in [0.717, 1.165) is 24.6 Å². The Hall–Kier alpha value is -1.50. The Bertz CT molecular complexity index is 664. The van der Waals surface area contributed by atoms with Crippen molar-refractivity contribution in [3.63, 3.8) is 0 Å². The van der Waals surface area contributed by atoms with Crippen molar-refractivity contribution >= 4 is 5.69 Å². The fraction of sp³-hybridized carbons (Fsp3) is 0.600. The van der Waals surface area contributed by atoms with E-state index >= 15 is 0 Å². The number of rotatable bonds is 1. The molecule has 122 valence electrons. The number of ether oxygens (including phenoxy) is 1. The summed E-state index contributed by atoms with van der Waals surface area (Å²) in [5.41, 5.74) is 3.86. The van der Waals surface area contributed by atoms with Crippen LogP contribution in [-0.4, -0.2) is 43.2 Å². The van der Waals surface area contributed by atoms with Gasteiger partial charge < -0.3 is 9.64 Å². The third-order valence-corrected chi connectivity index (χ3v) is 5.75. The Morgan fingerprint density at radius 2 is 2.13 bits per heavy atom. The van der Waals surface area contributed by atoms with Crippen LogP contribution in [0, 0.1) is 17.8 Å². The Kier molecular flexibility index (Phi) is 3.63. The van der Waals surface area contributed by atoms with Crippen molar-refractivity contribution in [1.29, 1.82) is 0 Å². The van der Waals surface area contributed by atoms with Crippen molar-refractivity contribution in [2.45, 2.75) is 44.9 Å². The van der Waals surface area contributed by atoms with E-state index in [0.29, 0.717) is 12.6 Å². The molecular formula is C20H26N2O. The molecule has 0 N–H and O–H groups in total. The van der Waals surface area contributed by atoms with Gasteiger partial charge in [-0.1, -0.05) is 17.9 Å².